The van der Waals surface area contributed by atoms with Gasteiger partial charge in [-0.25, -0.2) is 8.42 Å². The third-order valence-electron chi connectivity index (χ3n) is 4.43. The molecule has 0 saturated carbocycles. The number of carbonyl (C=O) groups excluding carboxylic acids is 1. The van der Waals surface area contributed by atoms with Crippen molar-refractivity contribution >= 4 is 38.9 Å². The Kier molecular flexibility index (Phi) is 7.36. The Bertz CT molecular complexity index is 1250. The van der Waals surface area contributed by atoms with Crippen LogP contribution in [0.25, 0.3) is 0 Å². The summed E-state index contributed by atoms with van der Waals surface area (Å²) in [4.78, 5) is 12.2. The second-order valence-electron chi connectivity index (χ2n) is 6.91. The van der Waals surface area contributed by atoms with Crippen LogP contribution in [0.1, 0.15) is 11.1 Å². The molecule has 0 radical (unpaired) electrons. The lowest BCUT2D eigenvalue weighted by atomic mass is 10.1. The second kappa shape index (κ2) is 10.2. The molecular weight excluding hydrogens is 450 g/mol. The Morgan fingerprint density at radius 3 is 2.31 bits per heavy atom. The van der Waals surface area contributed by atoms with Crippen molar-refractivity contribution in [3.63, 3.8) is 0 Å². The van der Waals surface area contributed by atoms with Crippen LogP contribution in [0, 0.1) is 18.3 Å². The maximum Gasteiger partial charge on any atom is 0.262 e. The third kappa shape index (κ3) is 6.23. The molecule has 0 aliphatic carbocycles. The van der Waals surface area contributed by atoms with Crippen LogP contribution in [0.2, 0.25) is 5.02 Å². The maximum absolute atomic E-state index is 12.6. The zero-order chi connectivity index (χ0) is 23.1. The fourth-order valence-corrected chi connectivity index (χ4v) is 4.09. The number of hydrogen-bond acceptors (Lipinski definition) is 5. The summed E-state index contributed by atoms with van der Waals surface area (Å²) in [6.45, 7) is 1.46. The Morgan fingerprint density at radius 2 is 1.69 bits per heavy atom. The summed E-state index contributed by atoms with van der Waals surface area (Å²) >= 11 is 5.82. The number of aryl methyl sites for hydroxylation is 1. The number of nitrogens with zero attached hydrogens (tertiary/aromatic N) is 1. The molecule has 0 fully saturated rings. The molecule has 0 aromatic heterocycles. The van der Waals surface area contributed by atoms with Gasteiger partial charge in [0.15, 0.2) is 6.61 Å². The van der Waals surface area contributed by atoms with E-state index in [1.165, 1.54) is 18.2 Å². The number of nitriles is 1. The zero-order valence-electron chi connectivity index (χ0n) is 17.1. The molecule has 0 atom stereocenters. The van der Waals surface area contributed by atoms with E-state index in [0.29, 0.717) is 34.1 Å². The van der Waals surface area contributed by atoms with Crippen molar-refractivity contribution in [2.24, 2.45) is 0 Å². The van der Waals surface area contributed by atoms with Gasteiger partial charge in [-0.3, -0.25) is 9.52 Å². The fraction of sp³-hybridized carbons (Fsp3) is 0.130. The molecule has 0 saturated heterocycles. The van der Waals surface area contributed by atoms with E-state index in [-0.39, 0.29) is 17.4 Å². The first-order chi connectivity index (χ1) is 15.3. The summed E-state index contributed by atoms with van der Waals surface area (Å²) in [5.41, 5.74) is 2.41. The average Bonchev–Trinajstić information content (AvgIpc) is 2.76. The van der Waals surface area contributed by atoms with Crippen LogP contribution in [0.3, 0.4) is 0 Å². The maximum atomic E-state index is 12.6. The minimum Gasteiger partial charge on any atom is -0.483 e. The SMILES string of the molecule is Cc1cc(S(=O)(=O)Nc2ccc(Cl)cc2)ccc1OCC(=O)Nc1ccc(CC#N)cc1. The van der Waals surface area contributed by atoms with Gasteiger partial charge in [-0.2, -0.15) is 5.26 Å². The molecule has 0 aliphatic rings. The topological polar surface area (TPSA) is 108 Å². The van der Waals surface area contributed by atoms with Crippen LogP contribution in [0.4, 0.5) is 11.4 Å². The summed E-state index contributed by atoms with van der Waals surface area (Å²) in [6.07, 6.45) is 0.303. The number of amides is 1. The second-order valence-corrected chi connectivity index (χ2v) is 9.03. The van der Waals surface area contributed by atoms with Crippen LogP contribution in [-0.2, 0) is 21.2 Å². The Balaban J connectivity index is 1.60. The van der Waals surface area contributed by atoms with Gasteiger partial charge in [0.1, 0.15) is 5.75 Å². The van der Waals surface area contributed by atoms with Crippen LogP contribution in [0.5, 0.6) is 5.75 Å². The predicted octanol–water partition coefficient (Wildman–Crippen LogP) is 4.53. The lowest BCUT2D eigenvalue weighted by Crippen LogP contribution is -2.20. The molecule has 3 aromatic rings. The van der Waals surface area contributed by atoms with Crippen LogP contribution < -0.4 is 14.8 Å². The van der Waals surface area contributed by atoms with E-state index in [1.54, 1.807) is 55.5 Å². The monoisotopic (exact) mass is 469 g/mol. The summed E-state index contributed by atoms with van der Waals surface area (Å²) in [5, 5.41) is 11.9. The van der Waals surface area contributed by atoms with Crippen molar-refractivity contribution in [3.8, 4) is 11.8 Å². The van der Waals surface area contributed by atoms with Crippen LogP contribution in [-0.4, -0.2) is 20.9 Å². The van der Waals surface area contributed by atoms with Crippen LogP contribution >= 0.6 is 11.6 Å². The lowest BCUT2D eigenvalue weighted by Gasteiger charge is -2.12. The van der Waals surface area contributed by atoms with E-state index < -0.39 is 10.0 Å². The van der Waals surface area contributed by atoms with Crippen molar-refractivity contribution in [1.29, 1.82) is 5.26 Å². The van der Waals surface area contributed by atoms with Gasteiger partial charge in [-0.05, 0) is 72.6 Å². The number of nitrogens with one attached hydrogen (secondary N) is 2. The molecule has 0 bridgehead atoms. The molecule has 2 N–H and O–H groups in total. The van der Waals surface area contributed by atoms with E-state index in [2.05, 4.69) is 16.1 Å². The quantitative estimate of drug-likeness (QED) is 0.503. The molecular formula is C23H20ClN3O4S. The number of ether oxygens (including phenoxy) is 1. The third-order valence-corrected chi connectivity index (χ3v) is 6.06. The largest absolute Gasteiger partial charge is 0.483 e. The van der Waals surface area contributed by atoms with Gasteiger partial charge in [0.25, 0.3) is 15.9 Å². The summed E-state index contributed by atoms with van der Waals surface area (Å²) in [5.74, 6) is 0.0356. The van der Waals surface area contributed by atoms with Gasteiger partial charge in [-0.15, -0.1) is 0 Å². The smallest absolute Gasteiger partial charge is 0.262 e. The number of anilines is 2. The van der Waals surface area contributed by atoms with E-state index >= 15 is 0 Å². The van der Waals surface area contributed by atoms with Gasteiger partial charge >= 0.3 is 0 Å². The Labute approximate surface area is 191 Å². The summed E-state index contributed by atoms with van der Waals surface area (Å²) in [7, 11) is -3.79. The summed E-state index contributed by atoms with van der Waals surface area (Å²) in [6, 6.07) is 19.7. The molecule has 0 aliphatic heterocycles. The Morgan fingerprint density at radius 1 is 1.03 bits per heavy atom. The fourth-order valence-electron chi connectivity index (χ4n) is 2.82. The zero-order valence-corrected chi connectivity index (χ0v) is 18.7. The number of sulfonamides is 1. The van der Waals surface area contributed by atoms with Crippen molar-refractivity contribution in [1.82, 2.24) is 0 Å². The highest BCUT2D eigenvalue weighted by Gasteiger charge is 2.16. The minimum atomic E-state index is -3.79. The van der Waals surface area contributed by atoms with Gasteiger partial charge in [-0.1, -0.05) is 23.7 Å². The highest BCUT2D eigenvalue weighted by atomic mass is 35.5. The number of benzene rings is 3. The molecule has 3 aromatic carbocycles. The first-order valence-corrected chi connectivity index (χ1v) is 11.4. The molecule has 164 valence electrons. The molecule has 32 heavy (non-hydrogen) atoms. The molecule has 3 rings (SSSR count). The Hall–Kier alpha value is -3.54. The van der Waals surface area contributed by atoms with E-state index in [4.69, 9.17) is 21.6 Å². The van der Waals surface area contributed by atoms with E-state index in [9.17, 15) is 13.2 Å². The predicted molar refractivity (Wildman–Crippen MR) is 123 cm³/mol. The van der Waals surface area contributed by atoms with E-state index in [1.807, 2.05) is 0 Å². The molecule has 7 nitrogen and oxygen atoms in total. The number of hydrogen-bond donors (Lipinski definition) is 2. The number of rotatable bonds is 8. The van der Waals surface area contributed by atoms with Gasteiger partial charge < -0.3 is 10.1 Å². The average molecular weight is 470 g/mol. The lowest BCUT2D eigenvalue weighted by molar-refractivity contribution is -0.118. The van der Waals surface area contributed by atoms with Crippen molar-refractivity contribution in [2.45, 2.75) is 18.2 Å². The molecule has 9 heteroatoms. The van der Waals surface area contributed by atoms with Crippen molar-refractivity contribution in [2.75, 3.05) is 16.6 Å². The van der Waals surface area contributed by atoms with Gasteiger partial charge in [0.2, 0.25) is 0 Å². The normalized spacial score (nSPS) is 10.8. The molecule has 0 heterocycles. The molecule has 1 amide bonds. The first-order valence-electron chi connectivity index (χ1n) is 9.54. The van der Waals surface area contributed by atoms with Gasteiger partial charge in [0, 0.05) is 16.4 Å². The molecule has 0 spiro atoms. The highest BCUT2D eigenvalue weighted by Crippen LogP contribution is 2.24. The standard InChI is InChI=1S/C23H20ClN3O4S/c1-16-14-21(32(29,30)27-20-8-4-18(24)5-9-20)10-11-22(16)31-15-23(28)26-19-6-2-17(3-7-19)12-13-25/h2-11,14,27H,12,15H2,1H3,(H,26,28). The van der Waals surface area contributed by atoms with E-state index in [0.717, 1.165) is 5.56 Å². The summed E-state index contributed by atoms with van der Waals surface area (Å²) < 4.78 is 33.3. The van der Waals surface area contributed by atoms with Crippen LogP contribution in [0.15, 0.2) is 71.6 Å². The highest BCUT2D eigenvalue weighted by molar-refractivity contribution is 7.92. The minimum absolute atomic E-state index is 0.0687. The first kappa shape index (κ1) is 23.1. The van der Waals surface area contributed by atoms with Gasteiger partial charge in [0.05, 0.1) is 17.4 Å². The number of carbonyl (C=O) groups is 1. The van der Waals surface area contributed by atoms with Crippen molar-refractivity contribution in [3.05, 3.63) is 82.9 Å². The molecule has 0 unspecified atom stereocenters. The van der Waals surface area contributed by atoms with Crippen molar-refractivity contribution < 1.29 is 17.9 Å². The number of halogens is 1.